The Morgan fingerprint density at radius 2 is 2.00 bits per heavy atom. The molecular weight excluding hydrogens is 288 g/mol. The minimum absolute atomic E-state index is 0.0240. The molecule has 1 amide bonds. The van der Waals surface area contributed by atoms with E-state index >= 15 is 0 Å². The fraction of sp³-hybridized carbons (Fsp3) is 0.579. The second-order valence-electron chi connectivity index (χ2n) is 6.77. The number of carbonyl (C=O) groups excluding carboxylic acids is 1. The van der Waals surface area contributed by atoms with Crippen molar-refractivity contribution < 1.29 is 9.63 Å². The fourth-order valence-corrected chi connectivity index (χ4v) is 2.94. The molecule has 0 unspecified atom stereocenters. The summed E-state index contributed by atoms with van der Waals surface area (Å²) in [7, 11) is 0. The van der Waals surface area contributed by atoms with Crippen molar-refractivity contribution in [3.05, 3.63) is 35.4 Å². The average Bonchev–Trinajstić information content (AvgIpc) is 2.54. The Hall–Kier alpha value is -1.84. The fourth-order valence-electron chi connectivity index (χ4n) is 2.94. The van der Waals surface area contributed by atoms with Crippen molar-refractivity contribution in [2.45, 2.75) is 58.4 Å². The van der Waals surface area contributed by atoms with Gasteiger partial charge in [0.05, 0.1) is 6.21 Å². The summed E-state index contributed by atoms with van der Waals surface area (Å²) < 4.78 is 0. The van der Waals surface area contributed by atoms with E-state index in [2.05, 4.69) is 43.4 Å². The maximum absolute atomic E-state index is 11.9. The number of amides is 1. The number of nitrogens with one attached hydrogen (secondary N) is 1. The van der Waals surface area contributed by atoms with Gasteiger partial charge in [0.25, 0.3) is 5.91 Å². The van der Waals surface area contributed by atoms with Crippen LogP contribution in [0.4, 0.5) is 0 Å². The van der Waals surface area contributed by atoms with E-state index in [1.807, 2.05) is 12.1 Å². The Bertz CT molecular complexity index is 523. The molecule has 4 heteroatoms. The number of carbonyl (C=O) groups is 1. The smallest absolute Gasteiger partial charge is 0.261 e. The summed E-state index contributed by atoms with van der Waals surface area (Å²) in [5.41, 5.74) is 2.26. The Morgan fingerprint density at radius 3 is 2.65 bits per heavy atom. The van der Waals surface area contributed by atoms with E-state index in [1.165, 1.54) is 24.8 Å². The van der Waals surface area contributed by atoms with Crippen molar-refractivity contribution in [2.75, 3.05) is 6.61 Å². The minimum atomic E-state index is -0.0870. The monoisotopic (exact) mass is 316 g/mol. The molecule has 1 saturated carbocycles. The molecule has 126 valence electrons. The zero-order valence-corrected chi connectivity index (χ0v) is 14.4. The molecule has 4 nitrogen and oxygen atoms in total. The molecule has 1 aliphatic rings. The van der Waals surface area contributed by atoms with Gasteiger partial charge in [0.2, 0.25) is 0 Å². The van der Waals surface area contributed by atoms with E-state index < -0.39 is 0 Å². The van der Waals surface area contributed by atoms with Crippen LogP contribution < -0.4 is 5.32 Å². The van der Waals surface area contributed by atoms with Crippen LogP contribution in [0.5, 0.6) is 0 Å². The quantitative estimate of drug-likeness (QED) is 0.640. The molecule has 2 rings (SSSR count). The highest BCUT2D eigenvalue weighted by atomic mass is 16.6. The molecule has 2 atom stereocenters. The zero-order valence-electron chi connectivity index (χ0n) is 14.4. The van der Waals surface area contributed by atoms with Crippen LogP contribution in [0.15, 0.2) is 29.4 Å². The molecule has 0 radical (unpaired) electrons. The van der Waals surface area contributed by atoms with Gasteiger partial charge in [0.15, 0.2) is 6.61 Å². The average molecular weight is 316 g/mol. The number of nitrogens with zero attached hydrogens (tertiary/aromatic N) is 1. The highest BCUT2D eigenvalue weighted by Crippen LogP contribution is 2.23. The van der Waals surface area contributed by atoms with E-state index in [1.54, 1.807) is 6.21 Å². The van der Waals surface area contributed by atoms with Gasteiger partial charge in [-0.2, -0.15) is 0 Å². The molecule has 0 aromatic heterocycles. The molecule has 1 N–H and O–H groups in total. The largest absolute Gasteiger partial charge is 0.386 e. The second kappa shape index (κ2) is 8.70. The van der Waals surface area contributed by atoms with E-state index in [0.717, 1.165) is 12.0 Å². The Balaban J connectivity index is 1.72. The van der Waals surface area contributed by atoms with Gasteiger partial charge < -0.3 is 10.2 Å². The highest BCUT2D eigenvalue weighted by Gasteiger charge is 2.22. The van der Waals surface area contributed by atoms with Crippen LogP contribution in [-0.4, -0.2) is 24.8 Å². The molecule has 0 heterocycles. The predicted molar refractivity (Wildman–Crippen MR) is 93.6 cm³/mol. The molecule has 0 spiro atoms. The first-order valence-corrected chi connectivity index (χ1v) is 8.61. The third-order valence-corrected chi connectivity index (χ3v) is 4.53. The zero-order chi connectivity index (χ0) is 16.7. The summed E-state index contributed by atoms with van der Waals surface area (Å²) in [6.45, 7) is 6.50. The van der Waals surface area contributed by atoms with Crippen molar-refractivity contribution in [3.63, 3.8) is 0 Å². The Morgan fingerprint density at radius 1 is 1.30 bits per heavy atom. The summed E-state index contributed by atoms with van der Waals surface area (Å²) in [5.74, 6) is 0.981. The number of oxime groups is 1. The van der Waals surface area contributed by atoms with Crippen LogP contribution in [0.2, 0.25) is 0 Å². The van der Waals surface area contributed by atoms with Crippen molar-refractivity contribution in [1.29, 1.82) is 0 Å². The normalized spacial score (nSPS) is 21.6. The summed E-state index contributed by atoms with van der Waals surface area (Å²) >= 11 is 0. The topological polar surface area (TPSA) is 50.7 Å². The predicted octanol–water partition coefficient (Wildman–Crippen LogP) is 3.86. The molecule has 1 aromatic carbocycles. The molecule has 1 aliphatic carbocycles. The van der Waals surface area contributed by atoms with Crippen LogP contribution in [-0.2, 0) is 9.63 Å². The standard InChI is InChI=1S/C19H28N2O2/c1-14(2)17-10-8-16(9-11-17)12-20-23-13-19(22)21-18-7-5-4-6-15(18)3/h8-12,14-15,18H,4-7,13H2,1-3H3,(H,21,22)/b20-12-/t15-,18-/m1/s1. The molecule has 1 aromatic rings. The Kier molecular flexibility index (Phi) is 6.63. The first kappa shape index (κ1) is 17.5. The van der Waals surface area contributed by atoms with E-state index in [-0.39, 0.29) is 18.6 Å². The lowest BCUT2D eigenvalue weighted by molar-refractivity contribution is -0.126. The van der Waals surface area contributed by atoms with Crippen LogP contribution in [0.1, 0.15) is 63.5 Å². The Labute approximate surface area is 139 Å². The van der Waals surface area contributed by atoms with Crippen LogP contribution in [0.25, 0.3) is 0 Å². The maximum Gasteiger partial charge on any atom is 0.261 e. The number of rotatable bonds is 6. The SMILES string of the molecule is CC(C)c1ccc(/C=N\OCC(=O)N[C@@H]2CCCC[C@H]2C)cc1. The first-order valence-electron chi connectivity index (χ1n) is 8.61. The lowest BCUT2D eigenvalue weighted by Crippen LogP contribution is -2.42. The summed E-state index contributed by atoms with van der Waals surface area (Å²) in [6.07, 6.45) is 6.36. The molecule has 0 bridgehead atoms. The summed E-state index contributed by atoms with van der Waals surface area (Å²) in [4.78, 5) is 17.0. The first-order chi connectivity index (χ1) is 11.1. The molecule has 23 heavy (non-hydrogen) atoms. The van der Waals surface area contributed by atoms with Gasteiger partial charge in [-0.05, 0) is 35.8 Å². The van der Waals surface area contributed by atoms with Gasteiger partial charge in [-0.1, -0.05) is 63.0 Å². The van der Waals surface area contributed by atoms with Gasteiger partial charge in [-0.15, -0.1) is 0 Å². The number of hydrogen-bond acceptors (Lipinski definition) is 3. The van der Waals surface area contributed by atoms with Gasteiger partial charge >= 0.3 is 0 Å². The van der Waals surface area contributed by atoms with Crippen molar-refractivity contribution in [2.24, 2.45) is 11.1 Å². The number of benzene rings is 1. The highest BCUT2D eigenvalue weighted by molar-refractivity contribution is 5.80. The third kappa shape index (κ3) is 5.70. The molecule has 0 aliphatic heterocycles. The van der Waals surface area contributed by atoms with Crippen molar-refractivity contribution >= 4 is 12.1 Å². The van der Waals surface area contributed by atoms with Gasteiger partial charge in [-0.25, -0.2) is 0 Å². The van der Waals surface area contributed by atoms with Crippen molar-refractivity contribution in [3.8, 4) is 0 Å². The third-order valence-electron chi connectivity index (χ3n) is 4.53. The van der Waals surface area contributed by atoms with Crippen LogP contribution in [0.3, 0.4) is 0 Å². The minimum Gasteiger partial charge on any atom is -0.386 e. The lowest BCUT2D eigenvalue weighted by Gasteiger charge is -2.29. The summed E-state index contributed by atoms with van der Waals surface area (Å²) in [5, 5.41) is 6.93. The lowest BCUT2D eigenvalue weighted by atomic mass is 9.86. The molecule has 0 saturated heterocycles. The van der Waals surface area contributed by atoms with E-state index in [9.17, 15) is 4.79 Å². The summed E-state index contributed by atoms with van der Waals surface area (Å²) in [6, 6.07) is 8.47. The number of hydrogen-bond donors (Lipinski definition) is 1. The van der Waals surface area contributed by atoms with Crippen LogP contribution >= 0.6 is 0 Å². The van der Waals surface area contributed by atoms with Crippen molar-refractivity contribution in [1.82, 2.24) is 5.32 Å². The van der Waals surface area contributed by atoms with E-state index in [0.29, 0.717) is 11.8 Å². The maximum atomic E-state index is 11.9. The van der Waals surface area contributed by atoms with Gasteiger partial charge in [0, 0.05) is 6.04 Å². The molecule has 1 fully saturated rings. The van der Waals surface area contributed by atoms with Gasteiger partial charge in [-0.3, -0.25) is 4.79 Å². The van der Waals surface area contributed by atoms with E-state index in [4.69, 9.17) is 4.84 Å². The molecular formula is C19H28N2O2. The van der Waals surface area contributed by atoms with Gasteiger partial charge in [0.1, 0.15) is 0 Å². The van der Waals surface area contributed by atoms with Crippen LogP contribution in [0, 0.1) is 5.92 Å². The second-order valence-corrected chi connectivity index (χ2v) is 6.77.